The van der Waals surface area contributed by atoms with E-state index in [4.69, 9.17) is 4.74 Å². The average molecular weight is 383 g/mol. The number of nitrogens with one attached hydrogen (secondary N) is 1. The molecule has 0 aromatic heterocycles. The highest BCUT2D eigenvalue weighted by atomic mass is 16.5. The maximum atomic E-state index is 12.6. The van der Waals surface area contributed by atoms with Crippen molar-refractivity contribution in [2.45, 2.75) is 12.5 Å². The van der Waals surface area contributed by atoms with E-state index in [1.165, 1.54) is 32.4 Å². The van der Waals surface area contributed by atoms with Gasteiger partial charge in [-0.05, 0) is 29.8 Å². The van der Waals surface area contributed by atoms with Crippen LogP contribution in [-0.4, -0.2) is 44.1 Å². The molecule has 0 radical (unpaired) electrons. The monoisotopic (exact) mass is 383 g/mol. The predicted molar refractivity (Wildman–Crippen MR) is 97.1 cm³/mol. The van der Waals surface area contributed by atoms with Crippen LogP contribution in [0.1, 0.15) is 36.6 Å². The van der Waals surface area contributed by atoms with Gasteiger partial charge in [-0.1, -0.05) is 18.2 Å². The molecule has 28 heavy (non-hydrogen) atoms. The number of carbonyl (C=O) groups is 4. The van der Waals surface area contributed by atoms with Crippen molar-refractivity contribution in [2.75, 3.05) is 19.5 Å². The van der Waals surface area contributed by atoms with Crippen molar-refractivity contribution in [3.8, 4) is 0 Å². The van der Waals surface area contributed by atoms with Crippen LogP contribution in [0.3, 0.4) is 0 Å². The van der Waals surface area contributed by atoms with E-state index < -0.39 is 29.9 Å². The highest BCUT2D eigenvalue weighted by Gasteiger charge is 2.31. The molecule has 0 fully saturated rings. The SMILES string of the molecule is COC(=O)c1cc(NC(=O)C2Cc3ccccc3C(=O)O2)cc(C(=O)OC)c1. The third-order valence-electron chi connectivity index (χ3n) is 4.23. The summed E-state index contributed by atoms with van der Waals surface area (Å²) in [6.45, 7) is 0. The summed E-state index contributed by atoms with van der Waals surface area (Å²) in [5.41, 5.74) is 1.42. The Morgan fingerprint density at radius 2 is 1.61 bits per heavy atom. The molecule has 0 aliphatic carbocycles. The first-order valence-electron chi connectivity index (χ1n) is 8.34. The van der Waals surface area contributed by atoms with Crippen molar-refractivity contribution in [2.24, 2.45) is 0 Å². The molecule has 0 saturated carbocycles. The first-order valence-corrected chi connectivity index (χ1v) is 8.34. The zero-order valence-corrected chi connectivity index (χ0v) is 15.2. The van der Waals surface area contributed by atoms with Crippen LogP contribution in [0.5, 0.6) is 0 Å². The van der Waals surface area contributed by atoms with E-state index >= 15 is 0 Å². The molecule has 3 rings (SSSR count). The van der Waals surface area contributed by atoms with Crippen LogP contribution < -0.4 is 5.32 Å². The van der Waals surface area contributed by atoms with Gasteiger partial charge in [0, 0.05) is 12.1 Å². The Hall–Kier alpha value is -3.68. The number of benzene rings is 2. The lowest BCUT2D eigenvalue weighted by atomic mass is 9.98. The number of hydrogen-bond acceptors (Lipinski definition) is 7. The summed E-state index contributed by atoms with van der Waals surface area (Å²) >= 11 is 0. The molecule has 1 unspecified atom stereocenters. The number of carbonyl (C=O) groups excluding carboxylic acids is 4. The summed E-state index contributed by atoms with van der Waals surface area (Å²) in [6, 6.07) is 10.9. The molecule has 1 N–H and O–H groups in total. The van der Waals surface area contributed by atoms with Gasteiger partial charge in [0.05, 0.1) is 30.9 Å². The fraction of sp³-hybridized carbons (Fsp3) is 0.200. The van der Waals surface area contributed by atoms with E-state index in [2.05, 4.69) is 14.8 Å². The number of anilines is 1. The largest absolute Gasteiger partial charge is 0.465 e. The minimum atomic E-state index is -1.04. The second-order valence-corrected chi connectivity index (χ2v) is 6.03. The standard InChI is InChI=1S/C20H17NO7/c1-26-18(23)12-7-13(19(24)27-2)9-14(8-12)21-17(22)16-10-11-5-3-4-6-15(11)20(25)28-16/h3-9,16H,10H2,1-2H3,(H,21,22). The molecule has 1 atom stereocenters. The molecule has 1 amide bonds. The maximum Gasteiger partial charge on any atom is 0.339 e. The Balaban J connectivity index is 1.85. The van der Waals surface area contributed by atoms with E-state index in [-0.39, 0.29) is 23.2 Å². The number of rotatable bonds is 4. The molecule has 144 valence electrons. The summed E-state index contributed by atoms with van der Waals surface area (Å²) in [6.07, 6.45) is -0.820. The van der Waals surface area contributed by atoms with Gasteiger partial charge in [0.25, 0.3) is 5.91 Å². The molecule has 1 aliphatic heterocycles. The molecular formula is C20H17NO7. The number of cyclic esters (lactones) is 1. The van der Waals surface area contributed by atoms with Gasteiger partial charge in [0.2, 0.25) is 0 Å². The van der Waals surface area contributed by atoms with Crippen LogP contribution in [0.25, 0.3) is 0 Å². The molecule has 2 aromatic rings. The summed E-state index contributed by atoms with van der Waals surface area (Å²) in [5.74, 6) is -2.53. The number of methoxy groups -OCH3 is 2. The fourth-order valence-electron chi connectivity index (χ4n) is 2.87. The van der Waals surface area contributed by atoms with Gasteiger partial charge < -0.3 is 19.5 Å². The summed E-state index contributed by atoms with van der Waals surface area (Å²) in [5, 5.41) is 2.57. The summed E-state index contributed by atoms with van der Waals surface area (Å²) in [4.78, 5) is 48.4. The third kappa shape index (κ3) is 3.85. The van der Waals surface area contributed by atoms with Crippen molar-refractivity contribution in [1.29, 1.82) is 0 Å². The smallest absolute Gasteiger partial charge is 0.339 e. The number of esters is 3. The van der Waals surface area contributed by atoms with Crippen LogP contribution in [0.2, 0.25) is 0 Å². The van der Waals surface area contributed by atoms with Crippen molar-refractivity contribution in [1.82, 2.24) is 0 Å². The van der Waals surface area contributed by atoms with Crippen LogP contribution >= 0.6 is 0 Å². The molecule has 0 bridgehead atoms. The minimum Gasteiger partial charge on any atom is -0.465 e. The van der Waals surface area contributed by atoms with Crippen molar-refractivity contribution < 1.29 is 33.4 Å². The second kappa shape index (κ2) is 7.91. The van der Waals surface area contributed by atoms with Crippen molar-refractivity contribution in [3.63, 3.8) is 0 Å². The van der Waals surface area contributed by atoms with E-state index in [0.29, 0.717) is 11.1 Å². The van der Waals surface area contributed by atoms with Crippen LogP contribution in [0.15, 0.2) is 42.5 Å². The van der Waals surface area contributed by atoms with E-state index in [0.717, 1.165) is 0 Å². The zero-order chi connectivity index (χ0) is 20.3. The summed E-state index contributed by atoms with van der Waals surface area (Å²) in [7, 11) is 2.40. The number of fused-ring (bicyclic) bond motifs is 1. The third-order valence-corrected chi connectivity index (χ3v) is 4.23. The molecule has 8 heteroatoms. The normalized spacial score (nSPS) is 15.1. The van der Waals surface area contributed by atoms with E-state index in [9.17, 15) is 19.2 Å². The predicted octanol–water partition coefficient (Wildman–Crippen LogP) is 1.98. The Labute approximate surface area is 160 Å². The van der Waals surface area contributed by atoms with Gasteiger partial charge in [-0.3, -0.25) is 4.79 Å². The lowest BCUT2D eigenvalue weighted by molar-refractivity contribution is -0.125. The molecule has 0 spiro atoms. The Bertz CT molecular complexity index is 933. The lowest BCUT2D eigenvalue weighted by Crippen LogP contribution is -2.38. The number of hydrogen-bond donors (Lipinski definition) is 1. The van der Waals surface area contributed by atoms with E-state index in [1.54, 1.807) is 24.3 Å². The van der Waals surface area contributed by atoms with Crippen LogP contribution in [0, 0.1) is 0 Å². The van der Waals surface area contributed by atoms with Crippen molar-refractivity contribution >= 4 is 29.5 Å². The zero-order valence-electron chi connectivity index (χ0n) is 15.2. The van der Waals surface area contributed by atoms with Gasteiger partial charge in [0.1, 0.15) is 0 Å². The van der Waals surface area contributed by atoms with Crippen molar-refractivity contribution in [3.05, 3.63) is 64.7 Å². The average Bonchev–Trinajstić information content (AvgIpc) is 2.72. The summed E-state index contributed by atoms with van der Waals surface area (Å²) < 4.78 is 14.5. The highest BCUT2D eigenvalue weighted by Crippen LogP contribution is 2.22. The topological polar surface area (TPSA) is 108 Å². The molecule has 8 nitrogen and oxygen atoms in total. The molecule has 2 aromatic carbocycles. The Morgan fingerprint density at radius 1 is 1.00 bits per heavy atom. The molecule has 0 saturated heterocycles. The lowest BCUT2D eigenvalue weighted by Gasteiger charge is -2.23. The number of amides is 1. The number of ether oxygens (including phenoxy) is 3. The first-order chi connectivity index (χ1) is 13.4. The van der Waals surface area contributed by atoms with Gasteiger partial charge in [0.15, 0.2) is 6.10 Å². The first kappa shape index (κ1) is 19.1. The van der Waals surface area contributed by atoms with Gasteiger partial charge in [-0.15, -0.1) is 0 Å². The van der Waals surface area contributed by atoms with Gasteiger partial charge >= 0.3 is 17.9 Å². The van der Waals surface area contributed by atoms with Crippen LogP contribution in [-0.2, 0) is 25.4 Å². The maximum absolute atomic E-state index is 12.6. The molecule has 1 aliphatic rings. The highest BCUT2D eigenvalue weighted by molar-refractivity contribution is 6.02. The fourth-order valence-corrected chi connectivity index (χ4v) is 2.87. The minimum absolute atomic E-state index is 0.0617. The Morgan fingerprint density at radius 3 is 2.21 bits per heavy atom. The molecular weight excluding hydrogens is 366 g/mol. The van der Waals surface area contributed by atoms with E-state index in [1.807, 2.05) is 0 Å². The second-order valence-electron chi connectivity index (χ2n) is 6.03. The quantitative estimate of drug-likeness (QED) is 0.635. The van der Waals surface area contributed by atoms with Crippen LogP contribution in [0.4, 0.5) is 5.69 Å². The van der Waals surface area contributed by atoms with Gasteiger partial charge in [-0.25, -0.2) is 14.4 Å². The Kier molecular flexibility index (Phi) is 5.39. The molecule has 1 heterocycles. The van der Waals surface area contributed by atoms with Gasteiger partial charge in [-0.2, -0.15) is 0 Å².